The SMILES string of the molecule is CC(=O)c1ccc(NC(=O)COC(=O)c2cc(Br)ccc2N)cc1. The standard InChI is InChI=1S/C17H15BrN2O4/c1-10(21)11-2-5-13(6-3-11)20-16(22)9-24-17(23)14-8-12(18)4-7-15(14)19/h2-8H,9,19H2,1H3,(H,20,22). The third kappa shape index (κ3) is 4.66. The number of Topliss-reactive ketones (excluding diaryl/α,β-unsaturated/α-hetero) is 1. The molecule has 0 aliphatic heterocycles. The van der Waals surface area contributed by atoms with E-state index in [1.165, 1.54) is 13.0 Å². The van der Waals surface area contributed by atoms with E-state index in [2.05, 4.69) is 21.2 Å². The van der Waals surface area contributed by atoms with Crippen LogP contribution in [0.2, 0.25) is 0 Å². The van der Waals surface area contributed by atoms with E-state index in [0.717, 1.165) is 0 Å². The van der Waals surface area contributed by atoms with Gasteiger partial charge in [-0.3, -0.25) is 9.59 Å². The Morgan fingerprint density at radius 1 is 1.12 bits per heavy atom. The first kappa shape index (κ1) is 17.7. The molecule has 0 spiro atoms. The van der Waals surface area contributed by atoms with Gasteiger partial charge in [-0.15, -0.1) is 0 Å². The van der Waals surface area contributed by atoms with Gasteiger partial charge in [0.25, 0.3) is 5.91 Å². The van der Waals surface area contributed by atoms with E-state index in [1.54, 1.807) is 36.4 Å². The van der Waals surface area contributed by atoms with Gasteiger partial charge in [0.15, 0.2) is 12.4 Å². The van der Waals surface area contributed by atoms with Crippen LogP contribution in [-0.4, -0.2) is 24.3 Å². The first-order valence-electron chi connectivity index (χ1n) is 7.00. The number of nitrogen functional groups attached to an aromatic ring is 1. The molecule has 2 aromatic rings. The fraction of sp³-hybridized carbons (Fsp3) is 0.118. The lowest BCUT2D eigenvalue weighted by Gasteiger charge is -2.08. The molecule has 0 unspecified atom stereocenters. The number of amides is 1. The van der Waals surface area contributed by atoms with Crippen LogP contribution in [0.15, 0.2) is 46.9 Å². The van der Waals surface area contributed by atoms with Gasteiger partial charge in [0, 0.05) is 21.4 Å². The number of anilines is 2. The molecule has 1 amide bonds. The zero-order chi connectivity index (χ0) is 17.7. The van der Waals surface area contributed by atoms with Gasteiger partial charge in [-0.1, -0.05) is 15.9 Å². The molecule has 0 heterocycles. The fourth-order valence-electron chi connectivity index (χ4n) is 1.90. The van der Waals surface area contributed by atoms with Gasteiger partial charge in [0.2, 0.25) is 0 Å². The van der Waals surface area contributed by atoms with Gasteiger partial charge in [-0.25, -0.2) is 4.79 Å². The van der Waals surface area contributed by atoms with E-state index in [0.29, 0.717) is 15.7 Å². The highest BCUT2D eigenvalue weighted by atomic mass is 79.9. The van der Waals surface area contributed by atoms with Crippen LogP contribution in [-0.2, 0) is 9.53 Å². The first-order valence-corrected chi connectivity index (χ1v) is 7.79. The van der Waals surface area contributed by atoms with Crippen LogP contribution in [0.5, 0.6) is 0 Å². The van der Waals surface area contributed by atoms with Gasteiger partial charge in [-0.2, -0.15) is 0 Å². The summed E-state index contributed by atoms with van der Waals surface area (Å²) in [5.74, 6) is -1.24. The lowest BCUT2D eigenvalue weighted by Crippen LogP contribution is -2.21. The van der Waals surface area contributed by atoms with E-state index in [4.69, 9.17) is 10.5 Å². The van der Waals surface area contributed by atoms with Gasteiger partial charge in [-0.05, 0) is 49.4 Å². The highest BCUT2D eigenvalue weighted by Crippen LogP contribution is 2.19. The molecule has 6 nitrogen and oxygen atoms in total. The number of carbonyl (C=O) groups excluding carboxylic acids is 3. The zero-order valence-corrected chi connectivity index (χ0v) is 14.4. The molecule has 0 aliphatic rings. The summed E-state index contributed by atoms with van der Waals surface area (Å²) in [7, 11) is 0. The highest BCUT2D eigenvalue weighted by Gasteiger charge is 2.14. The van der Waals surface area contributed by atoms with E-state index >= 15 is 0 Å². The summed E-state index contributed by atoms with van der Waals surface area (Å²) in [5.41, 5.74) is 7.21. The largest absolute Gasteiger partial charge is 0.452 e. The summed E-state index contributed by atoms with van der Waals surface area (Å²) >= 11 is 3.24. The van der Waals surface area contributed by atoms with Gasteiger partial charge < -0.3 is 15.8 Å². The predicted octanol–water partition coefficient (Wildman–Crippen LogP) is 3.03. The Balaban J connectivity index is 1.92. The van der Waals surface area contributed by atoms with Crippen LogP contribution in [0.1, 0.15) is 27.6 Å². The number of benzene rings is 2. The number of nitrogens with one attached hydrogen (secondary N) is 1. The van der Waals surface area contributed by atoms with Crippen molar-refractivity contribution < 1.29 is 19.1 Å². The van der Waals surface area contributed by atoms with Gasteiger partial charge in [0.05, 0.1) is 5.56 Å². The molecule has 0 radical (unpaired) electrons. The number of carbonyl (C=O) groups is 3. The number of rotatable bonds is 5. The van der Waals surface area contributed by atoms with Crippen molar-refractivity contribution in [2.75, 3.05) is 17.7 Å². The quantitative estimate of drug-likeness (QED) is 0.464. The van der Waals surface area contributed by atoms with Crippen molar-refractivity contribution in [2.24, 2.45) is 0 Å². The number of ketones is 1. The third-order valence-corrected chi connectivity index (χ3v) is 3.64. The number of hydrogen-bond acceptors (Lipinski definition) is 5. The summed E-state index contributed by atoms with van der Waals surface area (Å²) in [6.07, 6.45) is 0. The van der Waals surface area contributed by atoms with E-state index in [9.17, 15) is 14.4 Å². The Hall–Kier alpha value is -2.67. The molecular formula is C17H15BrN2O4. The van der Waals surface area contributed by atoms with Crippen LogP contribution in [0.4, 0.5) is 11.4 Å². The molecule has 124 valence electrons. The Labute approximate surface area is 147 Å². The molecule has 2 rings (SSSR count). The van der Waals surface area contributed by atoms with Crippen LogP contribution in [0.3, 0.4) is 0 Å². The average Bonchev–Trinajstić information content (AvgIpc) is 2.55. The van der Waals surface area contributed by atoms with Crippen LogP contribution in [0, 0.1) is 0 Å². The second kappa shape index (κ2) is 7.74. The molecule has 0 aromatic heterocycles. The second-order valence-corrected chi connectivity index (χ2v) is 5.91. The number of hydrogen-bond donors (Lipinski definition) is 2. The molecule has 0 aliphatic carbocycles. The van der Waals surface area contributed by atoms with E-state index in [1.807, 2.05) is 0 Å². The first-order chi connectivity index (χ1) is 11.4. The topological polar surface area (TPSA) is 98.5 Å². The molecule has 3 N–H and O–H groups in total. The molecule has 0 saturated carbocycles. The van der Waals surface area contributed by atoms with Crippen molar-refractivity contribution in [3.8, 4) is 0 Å². The maximum atomic E-state index is 12.0. The second-order valence-electron chi connectivity index (χ2n) is 4.99. The average molecular weight is 391 g/mol. The Morgan fingerprint density at radius 2 is 1.79 bits per heavy atom. The number of halogens is 1. The van der Waals surface area contributed by atoms with Crippen LogP contribution < -0.4 is 11.1 Å². The predicted molar refractivity (Wildman–Crippen MR) is 93.9 cm³/mol. The summed E-state index contributed by atoms with van der Waals surface area (Å²) in [5, 5.41) is 2.57. The van der Waals surface area contributed by atoms with E-state index in [-0.39, 0.29) is 17.0 Å². The molecule has 0 bridgehead atoms. The molecular weight excluding hydrogens is 376 g/mol. The maximum absolute atomic E-state index is 12.0. The molecule has 0 fully saturated rings. The highest BCUT2D eigenvalue weighted by molar-refractivity contribution is 9.10. The lowest BCUT2D eigenvalue weighted by molar-refractivity contribution is -0.119. The number of esters is 1. The van der Waals surface area contributed by atoms with Crippen molar-refractivity contribution in [3.05, 3.63) is 58.1 Å². The minimum absolute atomic E-state index is 0.0617. The van der Waals surface area contributed by atoms with E-state index < -0.39 is 18.5 Å². The van der Waals surface area contributed by atoms with Crippen molar-refractivity contribution in [1.82, 2.24) is 0 Å². The molecule has 0 atom stereocenters. The molecule has 7 heteroatoms. The van der Waals surface area contributed by atoms with Crippen molar-refractivity contribution in [2.45, 2.75) is 6.92 Å². The summed E-state index contributed by atoms with van der Waals surface area (Å²) < 4.78 is 5.63. The minimum atomic E-state index is -0.684. The van der Waals surface area contributed by atoms with Gasteiger partial charge >= 0.3 is 5.97 Å². The minimum Gasteiger partial charge on any atom is -0.452 e. The normalized spacial score (nSPS) is 10.1. The zero-order valence-electron chi connectivity index (χ0n) is 12.8. The Morgan fingerprint density at radius 3 is 2.42 bits per heavy atom. The monoisotopic (exact) mass is 390 g/mol. The molecule has 2 aromatic carbocycles. The fourth-order valence-corrected chi connectivity index (χ4v) is 2.26. The molecule has 24 heavy (non-hydrogen) atoms. The Kier molecular flexibility index (Phi) is 5.70. The number of ether oxygens (including phenoxy) is 1. The Bertz CT molecular complexity index is 788. The molecule has 0 saturated heterocycles. The van der Waals surface area contributed by atoms with Crippen molar-refractivity contribution in [3.63, 3.8) is 0 Å². The maximum Gasteiger partial charge on any atom is 0.340 e. The summed E-state index contributed by atoms with van der Waals surface area (Å²) in [4.78, 5) is 35.0. The lowest BCUT2D eigenvalue weighted by atomic mass is 10.1. The number of nitrogens with two attached hydrogens (primary N) is 1. The van der Waals surface area contributed by atoms with Crippen LogP contribution >= 0.6 is 15.9 Å². The van der Waals surface area contributed by atoms with Crippen LogP contribution in [0.25, 0.3) is 0 Å². The van der Waals surface area contributed by atoms with Gasteiger partial charge in [0.1, 0.15) is 0 Å². The van der Waals surface area contributed by atoms with Crippen molar-refractivity contribution in [1.29, 1.82) is 0 Å². The smallest absolute Gasteiger partial charge is 0.340 e. The summed E-state index contributed by atoms with van der Waals surface area (Å²) in [6.45, 7) is 1.01. The van der Waals surface area contributed by atoms with Crippen molar-refractivity contribution >= 4 is 45.0 Å². The summed E-state index contributed by atoms with van der Waals surface area (Å²) in [6, 6.07) is 11.2. The third-order valence-electron chi connectivity index (χ3n) is 3.14.